The van der Waals surface area contributed by atoms with Gasteiger partial charge in [-0.1, -0.05) is 12.1 Å². The summed E-state index contributed by atoms with van der Waals surface area (Å²) < 4.78 is 16.1. The summed E-state index contributed by atoms with van der Waals surface area (Å²) in [4.78, 5) is 12.6. The molecule has 3 rings (SSSR count). The average molecular weight is 297 g/mol. The zero-order valence-corrected chi connectivity index (χ0v) is 12.3. The summed E-state index contributed by atoms with van der Waals surface area (Å²) in [7, 11) is 3.02. The van der Waals surface area contributed by atoms with Crippen molar-refractivity contribution in [2.45, 2.75) is 0 Å². The molecule has 2 N–H and O–H groups in total. The van der Waals surface area contributed by atoms with Gasteiger partial charge in [0.05, 0.1) is 14.2 Å². The van der Waals surface area contributed by atoms with Gasteiger partial charge in [-0.25, -0.2) is 0 Å². The molecular weight excluding hydrogens is 282 g/mol. The van der Waals surface area contributed by atoms with Crippen LogP contribution in [-0.2, 0) is 0 Å². The molecule has 0 saturated heterocycles. The van der Waals surface area contributed by atoms with E-state index in [-0.39, 0.29) is 11.5 Å². The Hall–Kier alpha value is -2.95. The molecule has 0 aromatic heterocycles. The maximum atomic E-state index is 12.6. The predicted octanol–water partition coefficient (Wildman–Crippen LogP) is 2.90. The average Bonchev–Trinajstić information content (AvgIpc) is 2.85. The predicted molar refractivity (Wildman–Crippen MR) is 83.3 cm³/mol. The van der Waals surface area contributed by atoms with Gasteiger partial charge in [-0.05, 0) is 35.9 Å². The molecule has 0 fully saturated rings. The highest BCUT2D eigenvalue weighted by atomic mass is 16.5. The van der Waals surface area contributed by atoms with Crippen LogP contribution in [0.1, 0.15) is 15.9 Å². The maximum absolute atomic E-state index is 12.6. The van der Waals surface area contributed by atoms with Gasteiger partial charge in [0.25, 0.3) is 0 Å². The lowest BCUT2D eigenvalue weighted by Gasteiger charge is -2.09. The Kier molecular flexibility index (Phi) is 3.47. The molecule has 0 bridgehead atoms. The van der Waals surface area contributed by atoms with E-state index in [1.165, 1.54) is 14.2 Å². The summed E-state index contributed by atoms with van der Waals surface area (Å²) in [5.74, 6) is 1.34. The van der Waals surface area contributed by atoms with E-state index in [2.05, 4.69) is 0 Å². The molecule has 2 aromatic carbocycles. The Balaban J connectivity index is 2.02. The fraction of sp³-hybridized carbons (Fsp3) is 0.118. The van der Waals surface area contributed by atoms with Crippen LogP contribution < -0.4 is 19.9 Å². The first-order valence-corrected chi connectivity index (χ1v) is 6.69. The van der Waals surface area contributed by atoms with Crippen molar-refractivity contribution in [2.24, 2.45) is 0 Å². The third-order valence-electron chi connectivity index (χ3n) is 3.41. The van der Waals surface area contributed by atoms with Crippen molar-refractivity contribution >= 4 is 17.5 Å². The van der Waals surface area contributed by atoms with Crippen LogP contribution in [0, 0.1) is 0 Å². The Labute approximate surface area is 127 Å². The molecule has 0 spiro atoms. The van der Waals surface area contributed by atoms with Gasteiger partial charge in [0.2, 0.25) is 5.78 Å². The van der Waals surface area contributed by atoms with Crippen LogP contribution in [0.5, 0.6) is 17.2 Å². The van der Waals surface area contributed by atoms with Crippen LogP contribution in [0.2, 0.25) is 0 Å². The zero-order chi connectivity index (χ0) is 15.7. The minimum Gasteiger partial charge on any atom is -0.493 e. The molecule has 2 aromatic rings. The molecule has 0 atom stereocenters. The van der Waals surface area contributed by atoms with Crippen LogP contribution in [0.15, 0.2) is 42.2 Å². The molecule has 112 valence electrons. The van der Waals surface area contributed by atoms with Crippen LogP contribution in [0.3, 0.4) is 0 Å². The number of ketones is 1. The van der Waals surface area contributed by atoms with Crippen molar-refractivity contribution < 1.29 is 19.0 Å². The fourth-order valence-electron chi connectivity index (χ4n) is 2.34. The molecule has 0 aliphatic carbocycles. The number of nitrogens with two attached hydrogens (primary N) is 1. The number of fused-ring (bicyclic) bond motifs is 1. The van der Waals surface area contributed by atoms with E-state index in [0.29, 0.717) is 28.5 Å². The third kappa shape index (κ3) is 2.26. The normalized spacial score (nSPS) is 14.6. The quantitative estimate of drug-likeness (QED) is 0.696. The van der Waals surface area contributed by atoms with Crippen molar-refractivity contribution in [3.05, 3.63) is 53.3 Å². The van der Waals surface area contributed by atoms with E-state index in [1.54, 1.807) is 30.3 Å². The first-order valence-electron chi connectivity index (χ1n) is 6.69. The molecule has 1 aliphatic rings. The van der Waals surface area contributed by atoms with Crippen molar-refractivity contribution in [1.29, 1.82) is 0 Å². The number of carbonyl (C=O) groups excluding carboxylic acids is 1. The van der Waals surface area contributed by atoms with E-state index in [0.717, 1.165) is 5.56 Å². The summed E-state index contributed by atoms with van der Waals surface area (Å²) in [6.45, 7) is 0. The third-order valence-corrected chi connectivity index (χ3v) is 3.41. The summed E-state index contributed by atoms with van der Waals surface area (Å²) in [5, 5.41) is 0. The minimum atomic E-state index is -0.234. The molecule has 0 saturated carbocycles. The summed E-state index contributed by atoms with van der Waals surface area (Å²) in [5.41, 5.74) is 7.52. The van der Waals surface area contributed by atoms with Gasteiger partial charge in [-0.15, -0.1) is 0 Å². The number of ether oxygens (including phenoxy) is 3. The van der Waals surface area contributed by atoms with Crippen molar-refractivity contribution in [1.82, 2.24) is 0 Å². The van der Waals surface area contributed by atoms with Crippen LogP contribution >= 0.6 is 0 Å². The van der Waals surface area contributed by atoms with Crippen LogP contribution in [0.4, 0.5) is 5.69 Å². The lowest BCUT2D eigenvalue weighted by Crippen LogP contribution is -2.01. The highest BCUT2D eigenvalue weighted by molar-refractivity contribution is 6.16. The van der Waals surface area contributed by atoms with Gasteiger partial charge in [-0.2, -0.15) is 0 Å². The van der Waals surface area contributed by atoms with Gasteiger partial charge < -0.3 is 19.9 Å². The van der Waals surface area contributed by atoms with E-state index < -0.39 is 0 Å². The number of nitrogen functional groups attached to an aromatic ring is 1. The van der Waals surface area contributed by atoms with E-state index in [4.69, 9.17) is 19.9 Å². The Morgan fingerprint density at radius 2 is 1.77 bits per heavy atom. The summed E-state index contributed by atoms with van der Waals surface area (Å²) in [6, 6.07) is 10.6. The fourth-order valence-corrected chi connectivity index (χ4v) is 2.34. The molecule has 0 amide bonds. The SMILES string of the molecule is COc1ccc2c(c1OC)C(=O)/C(=C/c1ccc(N)cc1)O2. The lowest BCUT2D eigenvalue weighted by atomic mass is 10.1. The molecule has 22 heavy (non-hydrogen) atoms. The molecule has 5 nitrogen and oxygen atoms in total. The number of methoxy groups -OCH3 is 2. The summed E-state index contributed by atoms with van der Waals surface area (Å²) in [6.07, 6.45) is 1.67. The minimum absolute atomic E-state index is 0.234. The molecular formula is C17H15NO4. The van der Waals surface area contributed by atoms with Crippen LogP contribution in [-0.4, -0.2) is 20.0 Å². The standard InChI is InChI=1S/C17H15NO4/c1-20-13-8-7-12-15(17(13)21-2)16(19)14(22-12)9-10-3-5-11(18)6-4-10/h3-9H,18H2,1-2H3/b14-9-. The first kappa shape index (κ1) is 14.0. The smallest absolute Gasteiger partial charge is 0.235 e. The van der Waals surface area contributed by atoms with Gasteiger partial charge in [0.15, 0.2) is 17.3 Å². The maximum Gasteiger partial charge on any atom is 0.235 e. The number of hydrogen-bond acceptors (Lipinski definition) is 5. The Morgan fingerprint density at radius 3 is 2.41 bits per heavy atom. The Morgan fingerprint density at radius 1 is 1.05 bits per heavy atom. The van der Waals surface area contributed by atoms with Gasteiger partial charge in [0, 0.05) is 5.69 Å². The molecule has 1 heterocycles. The topological polar surface area (TPSA) is 70.8 Å². The van der Waals surface area contributed by atoms with Crippen LogP contribution in [0.25, 0.3) is 6.08 Å². The number of carbonyl (C=O) groups is 1. The van der Waals surface area contributed by atoms with Crippen molar-refractivity contribution in [3.63, 3.8) is 0 Å². The monoisotopic (exact) mass is 297 g/mol. The largest absolute Gasteiger partial charge is 0.493 e. The molecule has 5 heteroatoms. The second-order valence-corrected chi connectivity index (χ2v) is 4.78. The number of allylic oxidation sites excluding steroid dienone is 1. The van der Waals surface area contributed by atoms with Gasteiger partial charge in [0.1, 0.15) is 11.3 Å². The number of benzene rings is 2. The van der Waals surface area contributed by atoms with E-state index >= 15 is 0 Å². The van der Waals surface area contributed by atoms with E-state index in [9.17, 15) is 4.79 Å². The zero-order valence-electron chi connectivity index (χ0n) is 12.3. The number of hydrogen-bond donors (Lipinski definition) is 1. The molecule has 0 unspecified atom stereocenters. The van der Waals surface area contributed by atoms with Crippen molar-refractivity contribution in [2.75, 3.05) is 20.0 Å². The highest BCUT2D eigenvalue weighted by Gasteiger charge is 2.32. The lowest BCUT2D eigenvalue weighted by molar-refractivity contribution is 0.101. The second-order valence-electron chi connectivity index (χ2n) is 4.78. The van der Waals surface area contributed by atoms with E-state index in [1.807, 2.05) is 12.1 Å². The van der Waals surface area contributed by atoms with Crippen molar-refractivity contribution in [3.8, 4) is 17.2 Å². The summed E-state index contributed by atoms with van der Waals surface area (Å²) >= 11 is 0. The number of anilines is 1. The highest BCUT2D eigenvalue weighted by Crippen LogP contribution is 2.43. The second kappa shape index (κ2) is 5.44. The van der Waals surface area contributed by atoms with Gasteiger partial charge >= 0.3 is 0 Å². The first-order chi connectivity index (χ1) is 10.6. The number of Topliss-reactive ketones (excluding diaryl/α,β-unsaturated/α-hetero) is 1. The Bertz CT molecular complexity index is 763. The number of rotatable bonds is 3. The molecule has 0 radical (unpaired) electrons. The molecule has 1 aliphatic heterocycles. The van der Waals surface area contributed by atoms with Gasteiger partial charge in [-0.3, -0.25) is 4.79 Å².